The summed E-state index contributed by atoms with van der Waals surface area (Å²) in [4.78, 5) is 15.1. The van der Waals surface area contributed by atoms with Crippen LogP contribution in [0.15, 0.2) is 23.9 Å². The van der Waals surface area contributed by atoms with E-state index in [4.69, 9.17) is 5.73 Å². The number of carbonyl (C=O) groups is 1. The molecule has 0 aromatic carbocycles. The number of Topliss-reactive ketones (excluding diaryl/α,β-unsaturated/α-hetero) is 1. The van der Waals surface area contributed by atoms with Crippen LogP contribution in [0.5, 0.6) is 0 Å². The third kappa shape index (κ3) is 4.85. The summed E-state index contributed by atoms with van der Waals surface area (Å²) in [5.41, 5.74) is 6.78. The first-order chi connectivity index (χ1) is 12.9. The Balaban J connectivity index is 1.54. The lowest BCUT2D eigenvalue weighted by Crippen LogP contribution is -2.52. The molecule has 2 fully saturated rings. The molecule has 3 aliphatic rings. The van der Waals surface area contributed by atoms with Crippen LogP contribution in [-0.2, 0) is 4.79 Å². The number of ketones is 1. The largest absolute Gasteiger partial charge is 0.399 e. The van der Waals surface area contributed by atoms with Gasteiger partial charge in [0.2, 0.25) is 0 Å². The van der Waals surface area contributed by atoms with Gasteiger partial charge in [-0.25, -0.2) is 0 Å². The zero-order chi connectivity index (χ0) is 19.6. The zero-order valence-electron chi connectivity index (χ0n) is 17.9. The average molecular weight is 373 g/mol. The van der Waals surface area contributed by atoms with Crippen LogP contribution in [0.25, 0.3) is 0 Å². The second-order valence-electron chi connectivity index (χ2n) is 9.70. The quantitative estimate of drug-likeness (QED) is 0.699. The molecule has 3 nitrogen and oxygen atoms in total. The van der Waals surface area contributed by atoms with Gasteiger partial charge in [0, 0.05) is 24.2 Å². The number of likely N-dealkylation sites (tertiary alicyclic amines) is 1. The number of rotatable bonds is 7. The van der Waals surface area contributed by atoms with E-state index in [1.54, 1.807) is 0 Å². The van der Waals surface area contributed by atoms with Gasteiger partial charge in [-0.2, -0.15) is 0 Å². The van der Waals surface area contributed by atoms with Gasteiger partial charge >= 0.3 is 0 Å². The first-order valence-electron chi connectivity index (χ1n) is 11.3. The Kier molecular flexibility index (Phi) is 6.83. The maximum absolute atomic E-state index is 12.4. The van der Waals surface area contributed by atoms with Crippen molar-refractivity contribution in [3.8, 4) is 0 Å². The first kappa shape index (κ1) is 20.6. The van der Waals surface area contributed by atoms with Crippen LogP contribution in [0.1, 0.15) is 66.2 Å². The number of carbonyl (C=O) groups excluding carboxylic acids is 1. The average Bonchev–Trinajstić information content (AvgIpc) is 2.61. The van der Waals surface area contributed by atoms with Crippen molar-refractivity contribution in [2.75, 3.05) is 13.1 Å². The number of nitrogens with zero attached hydrogens (tertiary/aromatic N) is 1. The minimum atomic E-state index is 0.242. The Bertz CT molecular complexity index is 575. The molecule has 0 bridgehead atoms. The summed E-state index contributed by atoms with van der Waals surface area (Å²) in [6.07, 6.45) is 14.0. The van der Waals surface area contributed by atoms with Gasteiger partial charge in [0.15, 0.2) is 0 Å². The molecule has 1 heterocycles. The van der Waals surface area contributed by atoms with Crippen molar-refractivity contribution in [2.45, 2.75) is 72.3 Å². The van der Waals surface area contributed by atoms with Gasteiger partial charge in [0.1, 0.15) is 5.78 Å². The summed E-state index contributed by atoms with van der Waals surface area (Å²) in [5, 5.41) is 0. The number of allylic oxidation sites excluding steroid dienone is 3. The van der Waals surface area contributed by atoms with Gasteiger partial charge in [-0.1, -0.05) is 39.3 Å². The van der Waals surface area contributed by atoms with Crippen molar-refractivity contribution in [1.82, 2.24) is 4.90 Å². The number of hydrogen-bond donors (Lipinski definition) is 1. The fraction of sp³-hybridized carbons (Fsp3) is 0.792. The molecule has 2 aliphatic carbocycles. The summed E-state index contributed by atoms with van der Waals surface area (Å²) in [6, 6.07) is 0.749. The molecule has 5 atom stereocenters. The Labute approximate surface area is 166 Å². The van der Waals surface area contributed by atoms with E-state index in [0.717, 1.165) is 30.6 Å². The van der Waals surface area contributed by atoms with E-state index in [1.807, 2.05) is 6.92 Å². The first-order valence-corrected chi connectivity index (χ1v) is 11.3. The molecule has 152 valence electrons. The predicted octanol–water partition coefficient (Wildman–Crippen LogP) is 4.78. The molecular weight excluding hydrogens is 332 g/mol. The van der Waals surface area contributed by atoms with E-state index >= 15 is 0 Å². The summed E-state index contributed by atoms with van der Waals surface area (Å²) in [5.74, 6) is 3.99. The van der Waals surface area contributed by atoms with Crippen LogP contribution < -0.4 is 5.73 Å². The summed E-state index contributed by atoms with van der Waals surface area (Å²) in [7, 11) is 0. The smallest absolute Gasteiger partial charge is 0.134 e. The van der Waals surface area contributed by atoms with E-state index in [-0.39, 0.29) is 5.92 Å². The van der Waals surface area contributed by atoms with Crippen molar-refractivity contribution in [2.24, 2.45) is 41.2 Å². The van der Waals surface area contributed by atoms with Gasteiger partial charge in [0.25, 0.3) is 0 Å². The molecule has 3 rings (SSSR count). The fourth-order valence-electron chi connectivity index (χ4n) is 5.59. The normalized spacial score (nSPS) is 36.6. The van der Waals surface area contributed by atoms with Crippen LogP contribution in [0.3, 0.4) is 0 Å². The lowest BCUT2D eigenvalue weighted by Gasteiger charge is -2.48. The molecule has 27 heavy (non-hydrogen) atoms. The molecule has 0 aromatic heterocycles. The van der Waals surface area contributed by atoms with Crippen LogP contribution >= 0.6 is 0 Å². The fourth-order valence-corrected chi connectivity index (χ4v) is 5.59. The van der Waals surface area contributed by atoms with E-state index in [2.05, 4.69) is 43.9 Å². The molecule has 0 radical (unpaired) electrons. The minimum absolute atomic E-state index is 0.242. The van der Waals surface area contributed by atoms with Crippen molar-refractivity contribution in [3.63, 3.8) is 0 Å². The highest BCUT2D eigenvalue weighted by Gasteiger charge is 2.40. The maximum atomic E-state index is 12.4. The molecule has 3 heteroatoms. The zero-order valence-corrected chi connectivity index (χ0v) is 17.9. The van der Waals surface area contributed by atoms with E-state index < -0.39 is 0 Å². The summed E-state index contributed by atoms with van der Waals surface area (Å²) in [6.45, 7) is 11.1. The molecule has 1 aliphatic heterocycles. The molecule has 5 unspecified atom stereocenters. The SMILES string of the molecule is CCC1CC(N2CCC(CC(C)C(C)C3C=CC(N)=CC3)C(C(C)=O)C2)C1. The summed E-state index contributed by atoms with van der Waals surface area (Å²) >= 11 is 0. The Morgan fingerprint density at radius 1 is 1.33 bits per heavy atom. The molecule has 1 saturated carbocycles. The van der Waals surface area contributed by atoms with Gasteiger partial charge < -0.3 is 5.73 Å². The molecule has 2 N–H and O–H groups in total. The van der Waals surface area contributed by atoms with Gasteiger partial charge in [-0.15, -0.1) is 0 Å². The highest BCUT2D eigenvalue weighted by molar-refractivity contribution is 5.79. The van der Waals surface area contributed by atoms with E-state index in [9.17, 15) is 4.79 Å². The number of nitrogens with two attached hydrogens (primary N) is 1. The molecule has 0 aromatic rings. The van der Waals surface area contributed by atoms with Gasteiger partial charge in [-0.05, 0) is 81.2 Å². The highest BCUT2D eigenvalue weighted by Crippen LogP contribution is 2.40. The molecule has 0 spiro atoms. The number of hydrogen-bond acceptors (Lipinski definition) is 3. The summed E-state index contributed by atoms with van der Waals surface area (Å²) < 4.78 is 0. The van der Waals surface area contributed by atoms with E-state index in [0.29, 0.717) is 29.5 Å². The topological polar surface area (TPSA) is 46.3 Å². The predicted molar refractivity (Wildman–Crippen MR) is 113 cm³/mol. The van der Waals surface area contributed by atoms with Gasteiger partial charge in [0.05, 0.1) is 0 Å². The van der Waals surface area contributed by atoms with Crippen LogP contribution in [0.4, 0.5) is 0 Å². The standard InChI is InChI=1S/C24H40N2O/c1-5-19-13-23(14-19)26-11-10-21(24(15-26)18(4)27)12-16(2)17(3)20-6-8-22(25)9-7-20/h6,8-9,16-17,19-21,23-24H,5,7,10-15,25H2,1-4H3. The van der Waals surface area contributed by atoms with Crippen LogP contribution in [0, 0.1) is 35.5 Å². The number of piperidine rings is 1. The van der Waals surface area contributed by atoms with Crippen LogP contribution in [0.2, 0.25) is 0 Å². The Hall–Kier alpha value is -1.09. The Morgan fingerprint density at radius 3 is 2.67 bits per heavy atom. The van der Waals surface area contributed by atoms with Crippen molar-refractivity contribution in [3.05, 3.63) is 23.9 Å². The second-order valence-corrected chi connectivity index (χ2v) is 9.70. The maximum Gasteiger partial charge on any atom is 0.134 e. The Morgan fingerprint density at radius 2 is 2.07 bits per heavy atom. The monoisotopic (exact) mass is 372 g/mol. The van der Waals surface area contributed by atoms with E-state index in [1.165, 1.54) is 38.6 Å². The van der Waals surface area contributed by atoms with Crippen molar-refractivity contribution >= 4 is 5.78 Å². The third-order valence-electron chi connectivity index (χ3n) is 8.02. The molecule has 0 amide bonds. The third-order valence-corrected chi connectivity index (χ3v) is 8.02. The highest BCUT2D eigenvalue weighted by atomic mass is 16.1. The van der Waals surface area contributed by atoms with Crippen molar-refractivity contribution in [1.29, 1.82) is 0 Å². The lowest BCUT2D eigenvalue weighted by molar-refractivity contribution is -0.126. The lowest BCUT2D eigenvalue weighted by atomic mass is 9.70. The second kappa shape index (κ2) is 8.94. The van der Waals surface area contributed by atoms with Crippen LogP contribution in [-0.4, -0.2) is 29.8 Å². The minimum Gasteiger partial charge on any atom is -0.399 e. The van der Waals surface area contributed by atoms with Gasteiger partial charge in [-0.3, -0.25) is 9.69 Å². The molecule has 1 saturated heterocycles. The molecular formula is C24H40N2O. The van der Waals surface area contributed by atoms with Crippen molar-refractivity contribution < 1.29 is 4.79 Å².